The molecule has 1 aromatic rings. The Morgan fingerprint density at radius 2 is 1.90 bits per heavy atom. The number of hydrogen-bond donors (Lipinski definition) is 3. The summed E-state index contributed by atoms with van der Waals surface area (Å²) >= 11 is 0. The summed E-state index contributed by atoms with van der Waals surface area (Å²) in [4.78, 5) is 38.3. The molecule has 166 valence electrons. The predicted octanol–water partition coefficient (Wildman–Crippen LogP) is 1.71. The van der Waals surface area contributed by atoms with Crippen molar-refractivity contribution in [3.63, 3.8) is 0 Å². The number of hydrogen-bond acceptors (Lipinski definition) is 5. The van der Waals surface area contributed by atoms with Gasteiger partial charge in [0.15, 0.2) is 0 Å². The summed E-state index contributed by atoms with van der Waals surface area (Å²) in [7, 11) is 0. The van der Waals surface area contributed by atoms with Crippen LogP contribution in [0.4, 0.5) is 0 Å². The zero-order chi connectivity index (χ0) is 21.4. The van der Waals surface area contributed by atoms with Crippen LogP contribution < -0.4 is 16.0 Å². The lowest BCUT2D eigenvalue weighted by atomic mass is 9.61. The first-order chi connectivity index (χ1) is 15.1. The van der Waals surface area contributed by atoms with Crippen molar-refractivity contribution in [2.45, 2.75) is 64.1 Å². The Kier molecular flexibility index (Phi) is 5.56. The Hall–Kier alpha value is -2.25. The second kappa shape index (κ2) is 8.36. The van der Waals surface area contributed by atoms with Crippen LogP contribution in [0.25, 0.3) is 0 Å². The molecule has 3 fully saturated rings. The molecule has 1 atom stereocenters. The quantitative estimate of drug-likeness (QED) is 0.605. The van der Waals surface area contributed by atoms with Gasteiger partial charge in [0.1, 0.15) is 6.04 Å². The van der Waals surface area contributed by atoms with Gasteiger partial charge < -0.3 is 15.5 Å². The van der Waals surface area contributed by atoms with Gasteiger partial charge in [-0.15, -0.1) is 0 Å². The average Bonchev–Trinajstić information content (AvgIpc) is 3.03. The maximum Gasteiger partial charge on any atom is 0.255 e. The van der Waals surface area contributed by atoms with Crippen LogP contribution in [0.5, 0.6) is 0 Å². The number of amides is 3. The second-order valence-electron chi connectivity index (χ2n) is 9.74. The number of rotatable bonds is 6. The van der Waals surface area contributed by atoms with Crippen LogP contribution in [-0.2, 0) is 22.7 Å². The van der Waals surface area contributed by atoms with Gasteiger partial charge in [-0.25, -0.2) is 0 Å². The maximum atomic E-state index is 13.0. The number of imide groups is 1. The standard InChI is InChI=1S/C24H32N4O3/c29-21-7-6-20(22(30)27-21)28-14-17-5-4-16(12-19(17)23(28)31)13-26-15-24(18-2-1-3-18)8-10-25-11-9-24/h4-5,12,18,20,25-26H,1-3,6-11,13-15H2,(H,27,29,30). The molecular weight excluding hydrogens is 392 g/mol. The highest BCUT2D eigenvalue weighted by molar-refractivity contribution is 6.05. The van der Waals surface area contributed by atoms with E-state index in [0.29, 0.717) is 23.9 Å². The number of piperidine rings is 2. The van der Waals surface area contributed by atoms with Crippen LogP contribution in [-0.4, -0.2) is 48.3 Å². The molecule has 31 heavy (non-hydrogen) atoms. The highest BCUT2D eigenvalue weighted by Gasteiger charge is 2.42. The van der Waals surface area contributed by atoms with Gasteiger partial charge in [0.25, 0.3) is 5.91 Å². The van der Waals surface area contributed by atoms with Crippen LogP contribution in [0, 0.1) is 11.3 Å². The number of fused-ring (bicyclic) bond motifs is 1. The number of nitrogens with one attached hydrogen (secondary N) is 3. The molecule has 0 radical (unpaired) electrons. The molecule has 4 aliphatic rings. The first kappa shape index (κ1) is 20.6. The summed E-state index contributed by atoms with van der Waals surface area (Å²) in [6, 6.07) is 5.53. The smallest absolute Gasteiger partial charge is 0.255 e. The average molecular weight is 425 g/mol. The van der Waals surface area contributed by atoms with E-state index in [2.05, 4.69) is 22.0 Å². The minimum Gasteiger partial charge on any atom is -0.322 e. The summed E-state index contributed by atoms with van der Waals surface area (Å²) in [5, 5.41) is 9.56. The van der Waals surface area contributed by atoms with Crippen molar-refractivity contribution in [3.05, 3.63) is 34.9 Å². The van der Waals surface area contributed by atoms with Crippen molar-refractivity contribution in [2.24, 2.45) is 11.3 Å². The van der Waals surface area contributed by atoms with Gasteiger partial charge in [-0.05, 0) is 73.7 Å². The lowest BCUT2D eigenvalue weighted by Crippen LogP contribution is -2.52. The topological polar surface area (TPSA) is 90.5 Å². The van der Waals surface area contributed by atoms with Crippen LogP contribution in [0.1, 0.15) is 66.4 Å². The highest BCUT2D eigenvalue weighted by atomic mass is 16.2. The molecule has 3 heterocycles. The summed E-state index contributed by atoms with van der Waals surface area (Å²) < 4.78 is 0. The molecule has 2 saturated heterocycles. The molecule has 0 bridgehead atoms. The second-order valence-corrected chi connectivity index (χ2v) is 9.74. The van der Waals surface area contributed by atoms with E-state index in [1.165, 1.54) is 32.1 Å². The van der Waals surface area contributed by atoms with E-state index in [0.717, 1.165) is 43.2 Å². The van der Waals surface area contributed by atoms with Crippen LogP contribution >= 0.6 is 0 Å². The zero-order valence-electron chi connectivity index (χ0n) is 18.0. The van der Waals surface area contributed by atoms with Gasteiger partial charge in [-0.2, -0.15) is 0 Å². The third-order valence-corrected chi connectivity index (χ3v) is 7.97. The molecule has 5 rings (SSSR count). The molecular formula is C24H32N4O3. The van der Waals surface area contributed by atoms with E-state index >= 15 is 0 Å². The molecule has 3 aliphatic heterocycles. The highest BCUT2D eigenvalue weighted by Crippen LogP contribution is 2.47. The Balaban J connectivity index is 1.22. The van der Waals surface area contributed by atoms with Gasteiger partial charge in [-0.3, -0.25) is 19.7 Å². The van der Waals surface area contributed by atoms with Crippen molar-refractivity contribution in [1.82, 2.24) is 20.9 Å². The number of carbonyl (C=O) groups is 3. The molecule has 1 aromatic carbocycles. The van der Waals surface area contributed by atoms with E-state index in [4.69, 9.17) is 0 Å². The van der Waals surface area contributed by atoms with E-state index in [-0.39, 0.29) is 24.1 Å². The van der Waals surface area contributed by atoms with Gasteiger partial charge in [0.2, 0.25) is 11.8 Å². The van der Waals surface area contributed by atoms with Gasteiger partial charge in [0.05, 0.1) is 0 Å². The number of carbonyl (C=O) groups excluding carboxylic acids is 3. The predicted molar refractivity (Wildman–Crippen MR) is 116 cm³/mol. The Labute approximate surface area is 183 Å². The molecule has 0 spiro atoms. The maximum absolute atomic E-state index is 13.0. The first-order valence-corrected chi connectivity index (χ1v) is 11.7. The fourth-order valence-corrected chi connectivity index (χ4v) is 5.84. The van der Waals surface area contributed by atoms with Gasteiger partial charge >= 0.3 is 0 Å². The van der Waals surface area contributed by atoms with Crippen LogP contribution in [0.15, 0.2) is 18.2 Å². The fraction of sp³-hybridized carbons (Fsp3) is 0.625. The SMILES string of the molecule is O=C1CCC(N2Cc3ccc(CNCC4(C5CCC5)CCNCC4)cc3C2=O)C(=O)N1. The summed E-state index contributed by atoms with van der Waals surface area (Å²) in [5.41, 5.74) is 3.18. The largest absolute Gasteiger partial charge is 0.322 e. The lowest BCUT2D eigenvalue weighted by molar-refractivity contribution is -0.136. The Bertz CT molecular complexity index is 889. The van der Waals surface area contributed by atoms with E-state index in [9.17, 15) is 14.4 Å². The van der Waals surface area contributed by atoms with Gasteiger partial charge in [0, 0.05) is 31.6 Å². The molecule has 7 heteroatoms. The Morgan fingerprint density at radius 3 is 2.61 bits per heavy atom. The minimum absolute atomic E-state index is 0.101. The van der Waals surface area contributed by atoms with Crippen molar-refractivity contribution in [2.75, 3.05) is 19.6 Å². The van der Waals surface area contributed by atoms with Crippen molar-refractivity contribution in [3.8, 4) is 0 Å². The monoisotopic (exact) mass is 424 g/mol. The zero-order valence-corrected chi connectivity index (χ0v) is 18.0. The third kappa shape index (κ3) is 3.89. The van der Waals surface area contributed by atoms with Crippen LogP contribution in [0.2, 0.25) is 0 Å². The molecule has 1 aliphatic carbocycles. The summed E-state index contributed by atoms with van der Waals surface area (Å²) in [6.07, 6.45) is 7.27. The van der Waals surface area contributed by atoms with Crippen molar-refractivity contribution >= 4 is 17.7 Å². The Morgan fingerprint density at radius 1 is 1.10 bits per heavy atom. The normalized spacial score (nSPS) is 25.9. The minimum atomic E-state index is -0.554. The van der Waals surface area contributed by atoms with Gasteiger partial charge in [-0.1, -0.05) is 18.6 Å². The van der Waals surface area contributed by atoms with Crippen LogP contribution in [0.3, 0.4) is 0 Å². The summed E-state index contributed by atoms with van der Waals surface area (Å²) in [6.45, 7) is 4.45. The number of nitrogens with zero attached hydrogens (tertiary/aromatic N) is 1. The fourth-order valence-electron chi connectivity index (χ4n) is 5.84. The molecule has 0 aromatic heterocycles. The first-order valence-electron chi connectivity index (χ1n) is 11.7. The molecule has 3 N–H and O–H groups in total. The molecule has 1 unspecified atom stereocenters. The van der Waals surface area contributed by atoms with E-state index in [1.54, 1.807) is 4.90 Å². The van der Waals surface area contributed by atoms with Crippen molar-refractivity contribution in [1.29, 1.82) is 0 Å². The lowest BCUT2D eigenvalue weighted by Gasteiger charge is -2.48. The van der Waals surface area contributed by atoms with Crippen molar-refractivity contribution < 1.29 is 14.4 Å². The van der Waals surface area contributed by atoms with E-state index < -0.39 is 6.04 Å². The van der Waals surface area contributed by atoms with E-state index in [1.807, 2.05) is 12.1 Å². The summed E-state index contributed by atoms with van der Waals surface area (Å²) in [5.74, 6) is 0.135. The molecule has 1 saturated carbocycles. The molecule has 7 nitrogen and oxygen atoms in total. The third-order valence-electron chi connectivity index (χ3n) is 7.97. The molecule has 3 amide bonds. The number of benzene rings is 1.